The first-order valence-electron chi connectivity index (χ1n) is 3.61. The van der Waals surface area contributed by atoms with Gasteiger partial charge in [0, 0.05) is 0 Å². The fraction of sp³-hybridized carbons (Fsp3) is 0.111. The van der Waals surface area contributed by atoms with Crippen LogP contribution in [0.2, 0.25) is 0 Å². The summed E-state index contributed by atoms with van der Waals surface area (Å²) in [6.45, 7) is 0. The molecular formula is C9H7NaO4. The fourth-order valence-electron chi connectivity index (χ4n) is 1.02. The molecular weight excluding hydrogens is 195 g/mol. The Morgan fingerprint density at radius 2 is 1.71 bits per heavy atom. The number of carbonyl (C=O) groups excluding carboxylic acids is 1. The number of carbonyl (C=O) groups is 2. The zero-order valence-electron chi connectivity index (χ0n) is 7.64. The Balaban J connectivity index is 0.00000169. The minimum atomic E-state index is -1.60. The summed E-state index contributed by atoms with van der Waals surface area (Å²) in [6, 6.07) is 7.71. The van der Waals surface area contributed by atoms with Crippen molar-refractivity contribution in [3.8, 4) is 0 Å². The van der Waals surface area contributed by atoms with Crippen LogP contribution in [0.25, 0.3) is 0 Å². The summed E-state index contributed by atoms with van der Waals surface area (Å²) in [5.74, 6) is -4.59. The second-order valence-corrected chi connectivity index (χ2v) is 2.50. The quantitative estimate of drug-likeness (QED) is 0.409. The summed E-state index contributed by atoms with van der Waals surface area (Å²) in [5.41, 5.74) is 0.218. The molecule has 0 aliphatic heterocycles. The molecule has 0 bridgehead atoms. The molecule has 1 aromatic rings. The summed E-state index contributed by atoms with van der Waals surface area (Å²) in [5, 5.41) is 19.0. The first-order valence-corrected chi connectivity index (χ1v) is 3.61. The van der Waals surface area contributed by atoms with E-state index in [2.05, 4.69) is 0 Å². The summed E-state index contributed by atoms with van der Waals surface area (Å²) in [4.78, 5) is 21.0. The number of benzene rings is 1. The molecule has 0 aliphatic carbocycles. The van der Waals surface area contributed by atoms with Gasteiger partial charge in [-0.25, -0.2) is 0 Å². The van der Waals surface area contributed by atoms with Crippen molar-refractivity contribution in [2.45, 2.75) is 5.92 Å². The molecule has 0 fully saturated rings. The van der Waals surface area contributed by atoms with Crippen LogP contribution in [-0.2, 0) is 9.59 Å². The largest absolute Gasteiger partial charge is 1.00 e. The van der Waals surface area contributed by atoms with Crippen LogP contribution in [0.4, 0.5) is 0 Å². The van der Waals surface area contributed by atoms with Crippen molar-refractivity contribution >= 4 is 11.9 Å². The van der Waals surface area contributed by atoms with Gasteiger partial charge in [-0.05, 0) is 5.56 Å². The number of carboxylic acid groups (broad SMARTS) is 2. The van der Waals surface area contributed by atoms with Gasteiger partial charge in [-0.3, -0.25) is 4.79 Å². The maximum absolute atomic E-state index is 10.5. The molecule has 1 N–H and O–H groups in total. The van der Waals surface area contributed by atoms with Crippen LogP contribution in [0.3, 0.4) is 0 Å². The van der Waals surface area contributed by atoms with Gasteiger partial charge in [0.2, 0.25) is 0 Å². The monoisotopic (exact) mass is 202 g/mol. The van der Waals surface area contributed by atoms with E-state index in [9.17, 15) is 14.7 Å². The van der Waals surface area contributed by atoms with Gasteiger partial charge in [0.15, 0.2) is 0 Å². The van der Waals surface area contributed by atoms with E-state index < -0.39 is 17.9 Å². The van der Waals surface area contributed by atoms with Gasteiger partial charge in [-0.1, -0.05) is 30.3 Å². The van der Waals surface area contributed by atoms with Crippen molar-refractivity contribution in [2.24, 2.45) is 0 Å². The van der Waals surface area contributed by atoms with Crippen LogP contribution in [0.1, 0.15) is 11.5 Å². The van der Waals surface area contributed by atoms with Gasteiger partial charge in [0.25, 0.3) is 0 Å². The third-order valence-corrected chi connectivity index (χ3v) is 1.62. The second-order valence-electron chi connectivity index (χ2n) is 2.50. The van der Waals surface area contributed by atoms with E-state index in [1.54, 1.807) is 18.2 Å². The van der Waals surface area contributed by atoms with Crippen molar-refractivity contribution in [1.82, 2.24) is 0 Å². The van der Waals surface area contributed by atoms with Crippen molar-refractivity contribution in [2.75, 3.05) is 0 Å². The van der Waals surface area contributed by atoms with Crippen molar-refractivity contribution < 1.29 is 49.4 Å². The Labute approximate surface area is 103 Å². The Hall–Kier alpha value is -0.840. The molecule has 0 saturated carbocycles. The Bertz CT molecular complexity index is 309. The molecule has 1 unspecified atom stereocenters. The van der Waals surface area contributed by atoms with Crippen LogP contribution in [0.15, 0.2) is 30.3 Å². The molecule has 0 saturated heterocycles. The Morgan fingerprint density at radius 1 is 1.21 bits per heavy atom. The summed E-state index contributed by atoms with van der Waals surface area (Å²) in [6.07, 6.45) is 0. The maximum atomic E-state index is 10.5. The summed E-state index contributed by atoms with van der Waals surface area (Å²) in [7, 11) is 0. The minimum absolute atomic E-state index is 0. The SMILES string of the molecule is O=C([O-])C(C(=O)O)c1ccccc1.[Na+]. The molecule has 1 rings (SSSR count). The third-order valence-electron chi connectivity index (χ3n) is 1.62. The predicted molar refractivity (Wildman–Crippen MR) is 41.8 cm³/mol. The zero-order chi connectivity index (χ0) is 9.84. The molecule has 5 heteroatoms. The van der Waals surface area contributed by atoms with E-state index >= 15 is 0 Å². The predicted octanol–water partition coefficient (Wildman–Crippen LogP) is -3.39. The minimum Gasteiger partial charge on any atom is -0.549 e. The van der Waals surface area contributed by atoms with Gasteiger partial charge in [0.05, 0.1) is 5.97 Å². The Kier molecular flexibility index (Phi) is 5.45. The van der Waals surface area contributed by atoms with E-state index in [1.807, 2.05) is 0 Å². The topological polar surface area (TPSA) is 77.4 Å². The molecule has 0 amide bonds. The van der Waals surface area contributed by atoms with E-state index in [1.165, 1.54) is 12.1 Å². The molecule has 1 atom stereocenters. The molecule has 14 heavy (non-hydrogen) atoms. The van der Waals surface area contributed by atoms with Gasteiger partial charge in [-0.2, -0.15) is 0 Å². The first kappa shape index (κ1) is 13.2. The molecule has 0 radical (unpaired) electrons. The molecule has 4 nitrogen and oxygen atoms in total. The van der Waals surface area contributed by atoms with Crippen molar-refractivity contribution in [3.05, 3.63) is 35.9 Å². The van der Waals surface area contributed by atoms with Crippen LogP contribution in [0, 0.1) is 0 Å². The fourth-order valence-corrected chi connectivity index (χ4v) is 1.02. The number of hydrogen-bond acceptors (Lipinski definition) is 3. The average Bonchev–Trinajstić information content (AvgIpc) is 2.04. The second kappa shape index (κ2) is 5.80. The molecule has 0 aliphatic rings. The van der Waals surface area contributed by atoms with Gasteiger partial charge >= 0.3 is 35.5 Å². The maximum Gasteiger partial charge on any atom is 1.00 e. The standard InChI is InChI=1S/C9H8O4.Na/c10-8(11)7(9(12)13)6-4-2-1-3-5-6;/h1-5,7H,(H,10,11)(H,12,13);/q;+1/p-1. The van der Waals surface area contributed by atoms with Crippen LogP contribution >= 0.6 is 0 Å². The van der Waals surface area contributed by atoms with Gasteiger partial charge < -0.3 is 15.0 Å². The number of aliphatic carboxylic acids is 2. The number of hydrogen-bond donors (Lipinski definition) is 1. The van der Waals surface area contributed by atoms with Gasteiger partial charge in [-0.15, -0.1) is 0 Å². The van der Waals surface area contributed by atoms with Crippen molar-refractivity contribution in [1.29, 1.82) is 0 Å². The van der Waals surface area contributed by atoms with Crippen molar-refractivity contribution in [3.63, 3.8) is 0 Å². The average molecular weight is 202 g/mol. The molecule has 68 valence electrons. The molecule has 1 aromatic carbocycles. The Morgan fingerprint density at radius 3 is 2.07 bits per heavy atom. The van der Waals surface area contributed by atoms with E-state index in [-0.39, 0.29) is 35.1 Å². The molecule has 0 heterocycles. The van der Waals surface area contributed by atoms with Gasteiger partial charge in [0.1, 0.15) is 5.92 Å². The third kappa shape index (κ3) is 3.14. The molecule has 0 aromatic heterocycles. The van der Waals surface area contributed by atoms with Crippen LogP contribution < -0.4 is 34.7 Å². The zero-order valence-corrected chi connectivity index (χ0v) is 9.64. The van der Waals surface area contributed by atoms with E-state index in [0.717, 1.165) is 0 Å². The van der Waals surface area contributed by atoms with E-state index in [0.29, 0.717) is 0 Å². The normalized spacial score (nSPS) is 11.1. The summed E-state index contributed by atoms with van der Waals surface area (Å²) >= 11 is 0. The van der Waals surface area contributed by atoms with Crippen LogP contribution in [-0.4, -0.2) is 17.0 Å². The first-order chi connectivity index (χ1) is 6.13. The van der Waals surface area contributed by atoms with E-state index in [4.69, 9.17) is 5.11 Å². The van der Waals surface area contributed by atoms with Crippen LogP contribution in [0.5, 0.6) is 0 Å². The summed E-state index contributed by atoms with van der Waals surface area (Å²) < 4.78 is 0. The number of rotatable bonds is 3. The molecule has 0 spiro atoms. The smallest absolute Gasteiger partial charge is 0.549 e. The number of carboxylic acids is 2.